The second kappa shape index (κ2) is 4.52. The maximum absolute atomic E-state index is 11.8. The molecule has 0 bridgehead atoms. The predicted molar refractivity (Wildman–Crippen MR) is 63.0 cm³/mol. The van der Waals surface area contributed by atoms with Crippen LogP contribution in [0, 0.1) is 11.5 Å². The average Bonchev–Trinajstić information content (AvgIpc) is 2.82. The Kier molecular flexibility index (Phi) is 2.91. The monoisotopic (exact) mass is 228 g/mol. The molecule has 1 radical (unpaired) electrons. The van der Waals surface area contributed by atoms with Crippen molar-refractivity contribution < 1.29 is 9.21 Å². The van der Waals surface area contributed by atoms with Crippen LogP contribution in [0.2, 0.25) is 0 Å². The van der Waals surface area contributed by atoms with Crippen molar-refractivity contribution in [2.45, 2.75) is 0 Å². The third-order valence-electron chi connectivity index (χ3n) is 2.08. The minimum atomic E-state index is -0.232. The Hall–Kier alpha value is -2.56. The molecule has 0 unspecified atom stereocenters. The molecule has 0 aliphatic heterocycles. The number of guanidine groups is 1. The Bertz CT molecular complexity index is 529. The Balaban J connectivity index is 2.18. The van der Waals surface area contributed by atoms with E-state index in [0.29, 0.717) is 11.3 Å². The minimum absolute atomic E-state index is 0.163. The molecular formula is C12H10N3O2. The van der Waals surface area contributed by atoms with Gasteiger partial charge in [0.25, 0.3) is 0 Å². The van der Waals surface area contributed by atoms with Gasteiger partial charge >= 0.3 is 0 Å². The van der Waals surface area contributed by atoms with Gasteiger partial charge in [0.2, 0.25) is 5.78 Å². The van der Waals surface area contributed by atoms with Crippen LogP contribution in [0.15, 0.2) is 41.0 Å². The summed E-state index contributed by atoms with van der Waals surface area (Å²) in [6, 6.07) is 10.8. The molecule has 85 valence electrons. The molecule has 5 nitrogen and oxygen atoms in total. The lowest BCUT2D eigenvalue weighted by atomic mass is 10.1. The highest BCUT2D eigenvalue weighted by Gasteiger charge is 2.11. The van der Waals surface area contributed by atoms with Crippen LogP contribution < -0.4 is 11.1 Å². The molecule has 0 amide bonds. The van der Waals surface area contributed by atoms with E-state index in [2.05, 4.69) is 11.4 Å². The number of nitrogens with two attached hydrogens (primary N) is 1. The fourth-order valence-corrected chi connectivity index (χ4v) is 1.34. The third kappa shape index (κ3) is 2.52. The summed E-state index contributed by atoms with van der Waals surface area (Å²) in [6.45, 7) is 0. The summed E-state index contributed by atoms with van der Waals surface area (Å²) in [5.41, 5.74) is 6.18. The number of rotatable bonds is 3. The van der Waals surface area contributed by atoms with Crippen LogP contribution in [0.1, 0.15) is 16.1 Å². The van der Waals surface area contributed by atoms with Gasteiger partial charge in [-0.3, -0.25) is 10.2 Å². The molecule has 1 aromatic carbocycles. The van der Waals surface area contributed by atoms with E-state index in [1.165, 1.54) is 6.26 Å². The van der Waals surface area contributed by atoms with Crippen molar-refractivity contribution >= 4 is 17.4 Å². The summed E-state index contributed by atoms with van der Waals surface area (Å²) in [6.07, 6.45) is 1.44. The van der Waals surface area contributed by atoms with E-state index in [0.717, 1.165) is 0 Å². The van der Waals surface area contributed by atoms with E-state index in [1.54, 1.807) is 30.3 Å². The van der Waals surface area contributed by atoms with Gasteiger partial charge in [-0.2, -0.15) is 0 Å². The van der Waals surface area contributed by atoms with Gasteiger partial charge in [0.15, 0.2) is 11.7 Å². The second-order valence-electron chi connectivity index (χ2n) is 3.34. The van der Waals surface area contributed by atoms with Gasteiger partial charge in [-0.1, -0.05) is 0 Å². The van der Waals surface area contributed by atoms with Crippen molar-refractivity contribution in [1.29, 1.82) is 5.41 Å². The van der Waals surface area contributed by atoms with Crippen molar-refractivity contribution in [1.82, 2.24) is 0 Å². The lowest BCUT2D eigenvalue weighted by molar-refractivity contribution is 0.101. The molecule has 0 spiro atoms. The summed E-state index contributed by atoms with van der Waals surface area (Å²) < 4.78 is 5.01. The first kappa shape index (κ1) is 10.9. The van der Waals surface area contributed by atoms with Gasteiger partial charge in [-0.05, 0) is 36.4 Å². The van der Waals surface area contributed by atoms with Crippen molar-refractivity contribution in [3.05, 3.63) is 54.0 Å². The summed E-state index contributed by atoms with van der Waals surface area (Å²) in [7, 11) is 0. The smallest absolute Gasteiger partial charge is 0.228 e. The largest absolute Gasteiger partial charge is 0.461 e. The highest BCUT2D eigenvalue weighted by atomic mass is 16.3. The number of hydrogen-bond donors (Lipinski definition) is 3. The summed E-state index contributed by atoms with van der Waals surface area (Å²) >= 11 is 0. The standard InChI is InChI=1S/C12H10N3O2/c13-12(14)15-9-5-3-8(4-6-9)11(16)10-2-1-7-17-10/h1-3,5-7H,(H4,13,14,15). The van der Waals surface area contributed by atoms with Gasteiger partial charge in [0.05, 0.1) is 6.26 Å². The molecule has 0 aliphatic carbocycles. The molecule has 5 heteroatoms. The Labute approximate surface area is 97.7 Å². The van der Waals surface area contributed by atoms with E-state index in [-0.39, 0.29) is 17.5 Å². The molecule has 4 N–H and O–H groups in total. The summed E-state index contributed by atoms with van der Waals surface area (Å²) in [4.78, 5) is 11.8. The zero-order valence-corrected chi connectivity index (χ0v) is 8.86. The quantitative estimate of drug-likeness (QED) is 0.423. The zero-order chi connectivity index (χ0) is 12.3. The van der Waals surface area contributed by atoms with Crippen LogP contribution in [-0.2, 0) is 0 Å². The lowest BCUT2D eigenvalue weighted by Gasteiger charge is -2.03. The molecule has 1 heterocycles. The van der Waals surface area contributed by atoms with Crippen molar-refractivity contribution in [2.24, 2.45) is 5.73 Å². The first-order valence-corrected chi connectivity index (χ1v) is 4.88. The number of carbonyl (C=O) groups is 1. The zero-order valence-electron chi connectivity index (χ0n) is 8.86. The summed E-state index contributed by atoms with van der Waals surface area (Å²) in [5, 5.41) is 9.66. The number of hydrogen-bond acceptors (Lipinski definition) is 3. The molecule has 2 aromatic rings. The highest BCUT2D eigenvalue weighted by Crippen LogP contribution is 2.13. The molecule has 0 atom stereocenters. The minimum Gasteiger partial charge on any atom is -0.461 e. The number of ketones is 1. The third-order valence-corrected chi connectivity index (χ3v) is 2.08. The number of anilines is 1. The molecule has 17 heavy (non-hydrogen) atoms. The maximum atomic E-state index is 11.8. The molecular weight excluding hydrogens is 218 g/mol. The number of carbonyl (C=O) groups excluding carboxylic acids is 1. The second-order valence-corrected chi connectivity index (χ2v) is 3.34. The van der Waals surface area contributed by atoms with Gasteiger partial charge in [-0.15, -0.1) is 0 Å². The first-order chi connectivity index (χ1) is 8.16. The molecule has 2 rings (SSSR count). The van der Waals surface area contributed by atoms with Crippen molar-refractivity contribution in [2.75, 3.05) is 5.32 Å². The normalized spacial score (nSPS) is 9.88. The van der Waals surface area contributed by atoms with E-state index in [9.17, 15) is 4.79 Å². The van der Waals surface area contributed by atoms with Crippen LogP contribution in [0.5, 0.6) is 0 Å². The van der Waals surface area contributed by atoms with Crippen molar-refractivity contribution in [3.8, 4) is 0 Å². The van der Waals surface area contributed by atoms with E-state index in [4.69, 9.17) is 15.6 Å². The maximum Gasteiger partial charge on any atom is 0.228 e. The van der Waals surface area contributed by atoms with Crippen LogP contribution >= 0.6 is 0 Å². The fourth-order valence-electron chi connectivity index (χ4n) is 1.34. The molecule has 0 fully saturated rings. The topological polar surface area (TPSA) is 92.1 Å². The van der Waals surface area contributed by atoms with Crippen molar-refractivity contribution in [3.63, 3.8) is 0 Å². The van der Waals surface area contributed by atoms with Gasteiger partial charge in [0.1, 0.15) is 0 Å². The lowest BCUT2D eigenvalue weighted by Crippen LogP contribution is -2.20. The van der Waals surface area contributed by atoms with Crippen LogP contribution in [-0.4, -0.2) is 11.7 Å². The van der Waals surface area contributed by atoms with Crippen LogP contribution in [0.3, 0.4) is 0 Å². The first-order valence-electron chi connectivity index (χ1n) is 4.88. The highest BCUT2D eigenvalue weighted by molar-refractivity contribution is 6.07. The molecule has 0 saturated carbocycles. The summed E-state index contributed by atoms with van der Waals surface area (Å²) in [5.74, 6) is -0.124. The molecule has 0 saturated heterocycles. The van der Waals surface area contributed by atoms with E-state index in [1.807, 2.05) is 0 Å². The van der Waals surface area contributed by atoms with Gasteiger partial charge < -0.3 is 15.5 Å². The Morgan fingerprint density at radius 3 is 2.76 bits per heavy atom. The van der Waals surface area contributed by atoms with Crippen LogP contribution in [0.25, 0.3) is 0 Å². The Morgan fingerprint density at radius 2 is 2.24 bits per heavy atom. The van der Waals surface area contributed by atoms with E-state index >= 15 is 0 Å². The van der Waals surface area contributed by atoms with Gasteiger partial charge in [-0.25, -0.2) is 0 Å². The number of furan rings is 1. The van der Waals surface area contributed by atoms with E-state index < -0.39 is 0 Å². The SMILES string of the molecule is N=C(N)Nc1c[c]c(C(=O)c2ccco2)cc1. The number of nitrogens with one attached hydrogen (secondary N) is 2. The molecule has 1 aromatic heterocycles. The number of benzene rings is 1. The molecule has 0 aliphatic rings. The average molecular weight is 228 g/mol. The predicted octanol–water partition coefficient (Wildman–Crippen LogP) is 1.62. The fraction of sp³-hybridized carbons (Fsp3) is 0. The van der Waals surface area contributed by atoms with Gasteiger partial charge in [0, 0.05) is 11.3 Å². The Morgan fingerprint density at radius 1 is 1.41 bits per heavy atom. The van der Waals surface area contributed by atoms with Crippen LogP contribution in [0.4, 0.5) is 5.69 Å².